The maximum atomic E-state index is 12.5. The highest BCUT2D eigenvalue weighted by molar-refractivity contribution is 5.89. The summed E-state index contributed by atoms with van der Waals surface area (Å²) in [6.07, 6.45) is 3.68. The van der Waals surface area contributed by atoms with Gasteiger partial charge in [-0.3, -0.25) is 14.6 Å². The molecule has 2 N–H and O–H groups in total. The van der Waals surface area contributed by atoms with Crippen molar-refractivity contribution >= 4 is 22.8 Å². The summed E-state index contributed by atoms with van der Waals surface area (Å²) in [4.78, 5) is 38.3. The van der Waals surface area contributed by atoms with Crippen molar-refractivity contribution < 1.29 is 9.59 Å². The maximum Gasteiger partial charge on any atom is 0.225 e. The third kappa shape index (κ3) is 3.67. The number of likely N-dealkylation sites (tertiary alicyclic amines) is 1. The van der Waals surface area contributed by atoms with Crippen LogP contribution in [0.25, 0.3) is 11.0 Å². The molecule has 138 valence electrons. The Labute approximate surface area is 156 Å². The Morgan fingerprint density at radius 1 is 1.33 bits per heavy atom. The second-order valence-electron chi connectivity index (χ2n) is 6.91. The van der Waals surface area contributed by atoms with Crippen molar-refractivity contribution in [3.8, 4) is 0 Å². The second-order valence-corrected chi connectivity index (χ2v) is 6.91. The zero-order chi connectivity index (χ0) is 18.8. The summed E-state index contributed by atoms with van der Waals surface area (Å²) in [6, 6.07) is 9.71. The van der Waals surface area contributed by atoms with Gasteiger partial charge in [0.25, 0.3) is 0 Å². The molecular weight excluding hydrogens is 342 g/mol. The SMILES string of the molecule is Cc1cccc2[nH]c(CNC(=O)[C@H]3CC(=O)N(Cc4cccnc4)C3)nc12. The molecule has 4 rings (SSSR count). The first-order valence-electron chi connectivity index (χ1n) is 8.99. The van der Waals surface area contributed by atoms with Crippen molar-refractivity contribution in [3.63, 3.8) is 0 Å². The molecule has 0 spiro atoms. The highest BCUT2D eigenvalue weighted by Gasteiger charge is 2.34. The van der Waals surface area contributed by atoms with Crippen molar-refractivity contribution in [1.29, 1.82) is 0 Å². The minimum Gasteiger partial charge on any atom is -0.349 e. The number of para-hydroxylation sites is 1. The molecule has 1 aromatic carbocycles. The van der Waals surface area contributed by atoms with E-state index in [1.807, 2.05) is 37.3 Å². The number of fused-ring (bicyclic) bond motifs is 1. The number of aryl methyl sites for hydroxylation is 1. The average molecular weight is 363 g/mol. The van der Waals surface area contributed by atoms with Gasteiger partial charge < -0.3 is 15.2 Å². The molecule has 1 aliphatic rings. The fourth-order valence-corrected chi connectivity index (χ4v) is 3.44. The van der Waals surface area contributed by atoms with Gasteiger partial charge >= 0.3 is 0 Å². The van der Waals surface area contributed by atoms with Crippen molar-refractivity contribution in [2.45, 2.75) is 26.4 Å². The van der Waals surface area contributed by atoms with E-state index in [2.05, 4.69) is 20.3 Å². The normalized spacial score (nSPS) is 16.9. The summed E-state index contributed by atoms with van der Waals surface area (Å²) in [5.74, 6) is 0.261. The summed E-state index contributed by atoms with van der Waals surface area (Å²) >= 11 is 0. The number of amides is 2. The zero-order valence-electron chi connectivity index (χ0n) is 15.1. The smallest absolute Gasteiger partial charge is 0.225 e. The summed E-state index contributed by atoms with van der Waals surface area (Å²) < 4.78 is 0. The number of pyridine rings is 1. The predicted octanol–water partition coefficient (Wildman–Crippen LogP) is 1.93. The second kappa shape index (κ2) is 7.19. The minimum absolute atomic E-state index is 0.00151. The highest BCUT2D eigenvalue weighted by Crippen LogP contribution is 2.20. The first kappa shape index (κ1) is 17.2. The summed E-state index contributed by atoms with van der Waals surface area (Å²) in [7, 11) is 0. The van der Waals surface area contributed by atoms with E-state index in [9.17, 15) is 9.59 Å². The Morgan fingerprint density at radius 3 is 3.00 bits per heavy atom. The molecule has 1 fully saturated rings. The molecule has 7 heteroatoms. The first-order chi connectivity index (χ1) is 13.1. The number of nitrogens with zero attached hydrogens (tertiary/aromatic N) is 3. The van der Waals surface area contributed by atoms with Crippen LogP contribution in [-0.2, 0) is 22.7 Å². The van der Waals surface area contributed by atoms with Gasteiger partial charge in [0.15, 0.2) is 0 Å². The molecule has 1 aliphatic heterocycles. The molecule has 0 unspecified atom stereocenters. The van der Waals surface area contributed by atoms with Crippen LogP contribution in [0.15, 0.2) is 42.7 Å². The zero-order valence-corrected chi connectivity index (χ0v) is 15.1. The molecule has 0 aliphatic carbocycles. The number of hydrogen-bond acceptors (Lipinski definition) is 4. The Morgan fingerprint density at radius 2 is 2.22 bits per heavy atom. The average Bonchev–Trinajstić information content (AvgIpc) is 3.25. The fourth-order valence-electron chi connectivity index (χ4n) is 3.44. The number of carbonyl (C=O) groups excluding carboxylic acids is 2. The van der Waals surface area contributed by atoms with Gasteiger partial charge in [0, 0.05) is 31.9 Å². The van der Waals surface area contributed by atoms with Crippen LogP contribution in [0.3, 0.4) is 0 Å². The highest BCUT2D eigenvalue weighted by atomic mass is 16.2. The Hall–Kier alpha value is -3.22. The summed E-state index contributed by atoms with van der Waals surface area (Å²) in [5, 5.41) is 2.90. The molecule has 0 saturated carbocycles. The van der Waals surface area contributed by atoms with Crippen LogP contribution in [0.1, 0.15) is 23.4 Å². The van der Waals surface area contributed by atoms with E-state index in [0.29, 0.717) is 25.5 Å². The number of rotatable bonds is 5. The van der Waals surface area contributed by atoms with Gasteiger partial charge in [-0.05, 0) is 30.2 Å². The largest absolute Gasteiger partial charge is 0.349 e. The van der Waals surface area contributed by atoms with Crippen molar-refractivity contribution in [2.75, 3.05) is 6.54 Å². The van der Waals surface area contributed by atoms with Crippen molar-refractivity contribution in [3.05, 3.63) is 59.7 Å². The molecular formula is C20H21N5O2. The quantitative estimate of drug-likeness (QED) is 0.725. The van der Waals surface area contributed by atoms with Crippen molar-refractivity contribution in [2.24, 2.45) is 5.92 Å². The fraction of sp³-hybridized carbons (Fsp3) is 0.300. The van der Waals surface area contributed by atoms with E-state index >= 15 is 0 Å². The number of aromatic nitrogens is 3. The molecule has 27 heavy (non-hydrogen) atoms. The number of aromatic amines is 1. The molecule has 3 heterocycles. The monoisotopic (exact) mass is 363 g/mol. The third-order valence-corrected chi connectivity index (χ3v) is 4.88. The number of imidazole rings is 1. The first-order valence-corrected chi connectivity index (χ1v) is 8.99. The van der Waals surface area contributed by atoms with Gasteiger partial charge in [-0.1, -0.05) is 18.2 Å². The van der Waals surface area contributed by atoms with Gasteiger partial charge in [0.2, 0.25) is 11.8 Å². The topological polar surface area (TPSA) is 91.0 Å². The number of hydrogen-bond donors (Lipinski definition) is 2. The standard InChI is InChI=1S/C20H21N5O2/c1-13-4-2-6-16-19(13)24-17(23-16)10-22-20(27)15-8-18(26)25(12-15)11-14-5-3-7-21-9-14/h2-7,9,15H,8,10-12H2,1H3,(H,22,27)(H,23,24)/t15-/m0/s1. The Bertz CT molecular complexity index is 982. The Kier molecular flexibility index (Phi) is 4.58. The van der Waals surface area contributed by atoms with Crippen LogP contribution >= 0.6 is 0 Å². The number of H-pyrrole nitrogens is 1. The molecule has 1 saturated heterocycles. The lowest BCUT2D eigenvalue weighted by molar-refractivity contribution is -0.129. The third-order valence-electron chi connectivity index (χ3n) is 4.88. The van der Waals surface area contributed by atoms with Gasteiger partial charge in [-0.15, -0.1) is 0 Å². The lowest BCUT2D eigenvalue weighted by atomic mass is 10.1. The molecule has 1 atom stereocenters. The molecule has 2 aromatic heterocycles. The van der Waals surface area contributed by atoms with E-state index in [1.165, 1.54) is 0 Å². The van der Waals surface area contributed by atoms with E-state index in [4.69, 9.17) is 0 Å². The number of nitrogens with one attached hydrogen (secondary N) is 2. The minimum atomic E-state index is -0.333. The van der Waals surface area contributed by atoms with E-state index in [0.717, 1.165) is 22.2 Å². The number of carbonyl (C=O) groups is 2. The van der Waals surface area contributed by atoms with Crippen LogP contribution in [0.4, 0.5) is 0 Å². The van der Waals surface area contributed by atoms with Gasteiger partial charge in [0.1, 0.15) is 5.82 Å². The Balaban J connectivity index is 1.35. The van der Waals surface area contributed by atoms with Gasteiger partial charge in [-0.2, -0.15) is 0 Å². The van der Waals surface area contributed by atoms with Crippen LogP contribution in [0.2, 0.25) is 0 Å². The lowest BCUT2D eigenvalue weighted by Gasteiger charge is -2.16. The van der Waals surface area contributed by atoms with Gasteiger partial charge in [0.05, 0.1) is 23.5 Å². The van der Waals surface area contributed by atoms with Crippen LogP contribution in [0.5, 0.6) is 0 Å². The van der Waals surface area contributed by atoms with Crippen LogP contribution < -0.4 is 5.32 Å². The maximum absolute atomic E-state index is 12.5. The molecule has 0 radical (unpaired) electrons. The molecule has 0 bridgehead atoms. The number of benzene rings is 1. The molecule has 7 nitrogen and oxygen atoms in total. The molecule has 3 aromatic rings. The van der Waals surface area contributed by atoms with Crippen molar-refractivity contribution in [1.82, 2.24) is 25.2 Å². The van der Waals surface area contributed by atoms with E-state index < -0.39 is 0 Å². The summed E-state index contributed by atoms with van der Waals surface area (Å²) in [6.45, 7) is 3.24. The van der Waals surface area contributed by atoms with E-state index in [-0.39, 0.29) is 24.2 Å². The van der Waals surface area contributed by atoms with Gasteiger partial charge in [-0.25, -0.2) is 4.98 Å². The summed E-state index contributed by atoms with van der Waals surface area (Å²) in [5.41, 5.74) is 3.93. The van der Waals surface area contributed by atoms with Crippen LogP contribution in [0, 0.1) is 12.8 Å². The lowest BCUT2D eigenvalue weighted by Crippen LogP contribution is -2.32. The van der Waals surface area contributed by atoms with E-state index in [1.54, 1.807) is 17.3 Å². The predicted molar refractivity (Wildman–Crippen MR) is 100 cm³/mol. The van der Waals surface area contributed by atoms with Crippen LogP contribution in [-0.4, -0.2) is 38.2 Å². The molecule has 2 amide bonds.